The lowest BCUT2D eigenvalue weighted by Crippen LogP contribution is -2.67. The minimum absolute atomic E-state index is 0.177. The van der Waals surface area contributed by atoms with E-state index in [2.05, 4.69) is 0 Å². The largest absolute Gasteiger partial charge is 0.394 e. The summed E-state index contributed by atoms with van der Waals surface area (Å²) in [7, 11) is 0. The van der Waals surface area contributed by atoms with Crippen LogP contribution in [0.2, 0.25) is 0 Å². The van der Waals surface area contributed by atoms with Crippen LogP contribution in [0.4, 0.5) is 0 Å². The van der Waals surface area contributed by atoms with Gasteiger partial charge in [0.15, 0.2) is 6.29 Å². The zero-order valence-corrected chi connectivity index (χ0v) is 24.4. The van der Waals surface area contributed by atoms with Gasteiger partial charge in [-0.05, 0) is 51.2 Å². The maximum Gasteiger partial charge on any atom is 0.176 e. The quantitative estimate of drug-likeness (QED) is 0.165. The summed E-state index contributed by atoms with van der Waals surface area (Å²) in [6.07, 6.45) is -6.79. The fourth-order valence-corrected chi connectivity index (χ4v) is 6.30. The number of hydrogen-bond donors (Lipinski definition) is 6. The maximum atomic E-state index is 11.4. The maximum absolute atomic E-state index is 11.4. The van der Waals surface area contributed by atoms with Gasteiger partial charge in [0.1, 0.15) is 36.6 Å². The van der Waals surface area contributed by atoms with Crippen molar-refractivity contribution in [1.29, 1.82) is 0 Å². The first-order valence-corrected chi connectivity index (χ1v) is 15.1. The first-order valence-electron chi connectivity index (χ1n) is 15.1. The molecule has 0 amide bonds. The van der Waals surface area contributed by atoms with Crippen LogP contribution < -0.4 is 17.2 Å². The van der Waals surface area contributed by atoms with Crippen LogP contribution in [0.25, 0.3) is 21.5 Å². The van der Waals surface area contributed by atoms with Crippen LogP contribution in [0.15, 0.2) is 84.9 Å². The average molecular weight is 604 g/mol. The second-order valence-electron chi connectivity index (χ2n) is 11.9. The van der Waals surface area contributed by atoms with Crippen molar-refractivity contribution in [3.8, 4) is 0 Å². The highest BCUT2D eigenvalue weighted by Crippen LogP contribution is 2.30. The smallest absolute Gasteiger partial charge is 0.176 e. The van der Waals surface area contributed by atoms with Gasteiger partial charge in [0.05, 0.1) is 25.9 Å². The third-order valence-electron chi connectivity index (χ3n) is 8.77. The number of ether oxygens (including phenoxy) is 4. The molecule has 1 saturated heterocycles. The minimum atomic E-state index is -1.20. The Morgan fingerprint density at radius 1 is 0.659 bits per heavy atom. The monoisotopic (exact) mass is 603 g/mol. The topological polar surface area (TPSA) is 176 Å². The molecule has 4 aromatic carbocycles. The van der Waals surface area contributed by atoms with Crippen LogP contribution in [0.3, 0.4) is 0 Å². The molecule has 6 rings (SSSR count). The van der Waals surface area contributed by atoms with Crippen LogP contribution in [0.1, 0.15) is 17.5 Å². The van der Waals surface area contributed by atoms with Crippen LogP contribution in [-0.4, -0.2) is 83.0 Å². The first-order chi connectivity index (χ1) is 21.3. The zero-order chi connectivity index (χ0) is 30.8. The van der Waals surface area contributed by atoms with Crippen molar-refractivity contribution in [3.63, 3.8) is 0 Å². The van der Waals surface area contributed by atoms with E-state index in [0.29, 0.717) is 6.42 Å². The van der Waals surface area contributed by atoms with Crippen LogP contribution in [-0.2, 0) is 32.2 Å². The Morgan fingerprint density at radius 2 is 1.18 bits per heavy atom. The molecule has 0 bridgehead atoms. The Labute approximate surface area is 256 Å². The molecular weight excluding hydrogens is 562 g/mol. The van der Waals surface area contributed by atoms with Crippen LogP contribution in [0.5, 0.6) is 0 Å². The second-order valence-corrected chi connectivity index (χ2v) is 11.9. The Kier molecular flexibility index (Phi) is 9.55. The Balaban J connectivity index is 1.13. The molecule has 1 aliphatic heterocycles. The Hall–Kier alpha value is -3.00. The summed E-state index contributed by atoms with van der Waals surface area (Å²) in [6.45, 7) is -0.0629. The van der Waals surface area contributed by atoms with Crippen molar-refractivity contribution in [2.24, 2.45) is 17.2 Å². The standard InChI is InChI=1S/C34H41N3O7/c35-25-15-26(36)32(30(40)31(25)41-17-19-9-11-21-5-1-3-7-23(21)13-19)44-34-28(37)33(29(39)27(16-38)43-34)42-18-20-10-12-22-6-2-4-8-24(22)14-20/h1-14,25-34,38-40H,15-18,35-37H2. The number of aliphatic hydroxyl groups is 3. The van der Waals surface area contributed by atoms with Gasteiger partial charge in [-0.2, -0.15) is 0 Å². The minimum Gasteiger partial charge on any atom is -0.394 e. The summed E-state index contributed by atoms with van der Waals surface area (Å²) < 4.78 is 24.4. The lowest BCUT2D eigenvalue weighted by Gasteiger charge is -2.47. The third kappa shape index (κ3) is 6.51. The summed E-state index contributed by atoms with van der Waals surface area (Å²) in [6, 6.07) is 26.0. The molecule has 9 N–H and O–H groups in total. The molecule has 0 spiro atoms. The SMILES string of the molecule is NC1CC(N)C(OC2OC(CO)C(O)C(OCc3ccc4ccccc4c3)C2N)C(O)C1OCc1ccc2ccccc2c1. The molecule has 0 radical (unpaired) electrons. The molecule has 10 nitrogen and oxygen atoms in total. The Morgan fingerprint density at radius 3 is 1.75 bits per heavy atom. The summed E-state index contributed by atoms with van der Waals surface area (Å²) in [4.78, 5) is 0. The summed E-state index contributed by atoms with van der Waals surface area (Å²) in [5, 5.41) is 36.7. The van der Waals surface area contributed by atoms with Gasteiger partial charge in [-0.15, -0.1) is 0 Å². The van der Waals surface area contributed by atoms with Crippen molar-refractivity contribution in [3.05, 3.63) is 96.1 Å². The van der Waals surface area contributed by atoms with Gasteiger partial charge < -0.3 is 51.5 Å². The Bertz CT molecular complexity index is 1560. The van der Waals surface area contributed by atoms with E-state index in [1.54, 1.807) is 0 Å². The molecule has 44 heavy (non-hydrogen) atoms. The van der Waals surface area contributed by atoms with Gasteiger partial charge in [-0.3, -0.25) is 0 Å². The van der Waals surface area contributed by atoms with Gasteiger partial charge in [0, 0.05) is 12.1 Å². The number of nitrogens with two attached hydrogens (primary N) is 3. The number of benzene rings is 4. The third-order valence-corrected chi connectivity index (χ3v) is 8.77. The van der Waals surface area contributed by atoms with Crippen LogP contribution >= 0.6 is 0 Å². The first kappa shape index (κ1) is 31.0. The molecule has 2 fully saturated rings. The fraction of sp³-hybridized carbons (Fsp3) is 0.412. The number of rotatable bonds is 9. The lowest BCUT2D eigenvalue weighted by molar-refractivity contribution is -0.301. The van der Waals surface area contributed by atoms with E-state index < -0.39 is 67.6 Å². The summed E-state index contributed by atoms with van der Waals surface area (Å²) >= 11 is 0. The van der Waals surface area contributed by atoms with E-state index >= 15 is 0 Å². The normalized spacial score (nSPS) is 32.7. The highest BCUT2D eigenvalue weighted by molar-refractivity contribution is 5.83. The summed E-state index contributed by atoms with van der Waals surface area (Å²) in [5.41, 5.74) is 21.2. The molecule has 234 valence electrons. The summed E-state index contributed by atoms with van der Waals surface area (Å²) in [5.74, 6) is 0. The molecule has 10 heteroatoms. The van der Waals surface area contributed by atoms with Gasteiger partial charge in [0.25, 0.3) is 0 Å². The molecule has 1 aliphatic carbocycles. The molecule has 0 aromatic heterocycles. The van der Waals surface area contributed by atoms with E-state index in [-0.39, 0.29) is 13.2 Å². The molecule has 1 heterocycles. The van der Waals surface area contributed by atoms with E-state index in [1.165, 1.54) is 0 Å². The molecule has 10 unspecified atom stereocenters. The highest BCUT2D eigenvalue weighted by atomic mass is 16.7. The number of hydrogen-bond acceptors (Lipinski definition) is 10. The predicted molar refractivity (Wildman–Crippen MR) is 166 cm³/mol. The van der Waals surface area contributed by atoms with Gasteiger partial charge in [-0.25, -0.2) is 0 Å². The van der Waals surface area contributed by atoms with Crippen molar-refractivity contribution in [1.82, 2.24) is 0 Å². The number of aliphatic hydroxyl groups excluding tert-OH is 3. The fourth-order valence-electron chi connectivity index (χ4n) is 6.30. The van der Waals surface area contributed by atoms with Crippen molar-refractivity contribution < 1.29 is 34.3 Å². The van der Waals surface area contributed by atoms with Gasteiger partial charge in [0.2, 0.25) is 0 Å². The van der Waals surface area contributed by atoms with E-state index in [0.717, 1.165) is 32.7 Å². The van der Waals surface area contributed by atoms with Crippen molar-refractivity contribution in [2.45, 2.75) is 80.7 Å². The van der Waals surface area contributed by atoms with E-state index in [1.807, 2.05) is 84.9 Å². The second kappa shape index (κ2) is 13.6. The molecule has 1 saturated carbocycles. The van der Waals surface area contributed by atoms with E-state index in [4.69, 9.17) is 36.1 Å². The molecular formula is C34H41N3O7. The molecule has 2 aliphatic rings. The predicted octanol–water partition coefficient (Wildman–Crippen LogP) is 1.67. The molecule has 4 aromatic rings. The van der Waals surface area contributed by atoms with E-state index in [9.17, 15) is 15.3 Å². The van der Waals surface area contributed by atoms with Gasteiger partial charge in [-0.1, -0.05) is 72.8 Å². The van der Waals surface area contributed by atoms with Crippen LogP contribution in [0, 0.1) is 0 Å². The molecule has 10 atom stereocenters. The average Bonchev–Trinajstić information content (AvgIpc) is 3.03. The highest BCUT2D eigenvalue weighted by Gasteiger charge is 2.49. The lowest BCUT2D eigenvalue weighted by atomic mass is 9.84. The number of fused-ring (bicyclic) bond motifs is 2. The van der Waals surface area contributed by atoms with Gasteiger partial charge >= 0.3 is 0 Å². The van der Waals surface area contributed by atoms with Crippen molar-refractivity contribution in [2.75, 3.05) is 6.61 Å². The van der Waals surface area contributed by atoms with Crippen molar-refractivity contribution >= 4 is 21.5 Å². The zero-order valence-electron chi connectivity index (χ0n) is 24.4.